The van der Waals surface area contributed by atoms with Gasteiger partial charge in [-0.15, -0.1) is 0 Å². The third-order valence-corrected chi connectivity index (χ3v) is 6.32. The topological polar surface area (TPSA) is 73.6 Å². The largest absolute Gasteiger partial charge is 0.493 e. The zero-order valence-corrected chi connectivity index (χ0v) is 17.6. The summed E-state index contributed by atoms with van der Waals surface area (Å²) in [5.74, 6) is 1.55. The summed E-state index contributed by atoms with van der Waals surface area (Å²) >= 11 is 9.99. The number of nitrogens with zero attached hydrogens (tertiary/aromatic N) is 1. The SMILES string of the molecule is COc1cc([C@@H]2Nc3c(Cl)cc([N+](=O)[O-])cc3[C@@H]3C=CC[C@@H]32)cc(Br)c1OC. The maximum Gasteiger partial charge on any atom is 0.271 e. The molecule has 0 radical (unpaired) electrons. The first-order valence-corrected chi connectivity index (χ1v) is 9.94. The predicted octanol–water partition coefficient (Wildman–Crippen LogP) is 5.85. The third-order valence-electron chi connectivity index (χ3n) is 5.43. The monoisotopic (exact) mass is 464 g/mol. The van der Waals surface area contributed by atoms with E-state index in [0.29, 0.717) is 16.5 Å². The number of nitrogens with one attached hydrogen (secondary N) is 1. The molecular formula is C20H18BrClN2O4. The summed E-state index contributed by atoms with van der Waals surface area (Å²) in [4.78, 5) is 10.9. The van der Waals surface area contributed by atoms with Gasteiger partial charge < -0.3 is 14.8 Å². The van der Waals surface area contributed by atoms with E-state index in [2.05, 4.69) is 33.4 Å². The molecule has 8 heteroatoms. The van der Waals surface area contributed by atoms with Crippen LogP contribution in [0.4, 0.5) is 11.4 Å². The van der Waals surface area contributed by atoms with E-state index in [0.717, 1.165) is 27.7 Å². The van der Waals surface area contributed by atoms with E-state index in [-0.39, 0.29) is 23.6 Å². The number of rotatable bonds is 4. The van der Waals surface area contributed by atoms with Crippen LogP contribution in [0.15, 0.2) is 40.9 Å². The van der Waals surface area contributed by atoms with Crippen LogP contribution in [-0.4, -0.2) is 19.1 Å². The molecule has 0 unspecified atom stereocenters. The Balaban J connectivity index is 1.82. The van der Waals surface area contributed by atoms with Crippen molar-refractivity contribution < 1.29 is 14.4 Å². The van der Waals surface area contributed by atoms with Gasteiger partial charge in [0.2, 0.25) is 0 Å². The van der Waals surface area contributed by atoms with Gasteiger partial charge >= 0.3 is 0 Å². The molecular weight excluding hydrogens is 448 g/mol. The molecule has 28 heavy (non-hydrogen) atoms. The standard InChI is InChI=1S/C20H18BrClN2O4/c1-27-17-7-10(6-15(21)20(17)28-2)18-13-5-3-4-12(13)14-8-11(24(25)26)9-16(22)19(14)23-18/h3-4,6-9,12-13,18,23H,5H2,1-2H3/t12-,13+,18+/m1/s1. The molecule has 0 saturated heterocycles. The number of methoxy groups -OCH3 is 2. The Bertz CT molecular complexity index is 995. The summed E-state index contributed by atoms with van der Waals surface area (Å²) in [5.41, 5.74) is 2.66. The van der Waals surface area contributed by atoms with E-state index in [1.54, 1.807) is 20.3 Å². The molecule has 3 atom stereocenters. The zero-order chi connectivity index (χ0) is 20.0. The van der Waals surface area contributed by atoms with E-state index in [4.69, 9.17) is 21.1 Å². The highest BCUT2D eigenvalue weighted by Crippen LogP contribution is 2.53. The van der Waals surface area contributed by atoms with Gasteiger partial charge in [0.15, 0.2) is 11.5 Å². The molecule has 2 aliphatic rings. The van der Waals surface area contributed by atoms with Crippen LogP contribution in [0, 0.1) is 16.0 Å². The lowest BCUT2D eigenvalue weighted by molar-refractivity contribution is -0.384. The molecule has 6 nitrogen and oxygen atoms in total. The summed E-state index contributed by atoms with van der Waals surface area (Å²) < 4.78 is 11.7. The van der Waals surface area contributed by atoms with E-state index < -0.39 is 4.92 Å². The zero-order valence-electron chi connectivity index (χ0n) is 15.2. The highest BCUT2D eigenvalue weighted by molar-refractivity contribution is 9.10. The number of anilines is 1. The second-order valence-electron chi connectivity index (χ2n) is 6.86. The summed E-state index contributed by atoms with van der Waals surface area (Å²) in [6, 6.07) is 6.97. The van der Waals surface area contributed by atoms with Crippen molar-refractivity contribution >= 4 is 38.9 Å². The van der Waals surface area contributed by atoms with Gasteiger partial charge in [-0.2, -0.15) is 0 Å². The Kier molecular flexibility index (Phi) is 4.97. The first kappa shape index (κ1) is 19.1. The van der Waals surface area contributed by atoms with Crippen LogP contribution >= 0.6 is 27.5 Å². The van der Waals surface area contributed by atoms with Gasteiger partial charge in [-0.25, -0.2) is 0 Å². The molecule has 0 aromatic heterocycles. The number of non-ortho nitro benzene ring substituents is 1. The van der Waals surface area contributed by atoms with Crippen LogP contribution in [-0.2, 0) is 0 Å². The lowest BCUT2D eigenvalue weighted by Gasteiger charge is -2.38. The number of nitro benzene ring substituents is 1. The van der Waals surface area contributed by atoms with Gasteiger partial charge in [-0.3, -0.25) is 10.1 Å². The van der Waals surface area contributed by atoms with Crippen molar-refractivity contribution in [3.63, 3.8) is 0 Å². The Hall–Kier alpha value is -2.25. The number of ether oxygens (including phenoxy) is 2. The van der Waals surface area contributed by atoms with Crippen molar-refractivity contribution in [2.24, 2.45) is 5.92 Å². The fraction of sp³-hybridized carbons (Fsp3) is 0.300. The van der Waals surface area contributed by atoms with Crippen molar-refractivity contribution in [3.8, 4) is 11.5 Å². The molecule has 0 bridgehead atoms. The second-order valence-corrected chi connectivity index (χ2v) is 8.12. The number of benzene rings is 2. The number of halogens is 2. The molecule has 1 aliphatic heterocycles. The van der Waals surface area contributed by atoms with Crippen molar-refractivity contribution in [2.75, 3.05) is 19.5 Å². The lowest BCUT2D eigenvalue weighted by Crippen LogP contribution is -2.29. The maximum atomic E-state index is 11.3. The van der Waals surface area contributed by atoms with Crippen LogP contribution in [0.25, 0.3) is 0 Å². The molecule has 1 heterocycles. The molecule has 1 aliphatic carbocycles. The molecule has 0 fully saturated rings. The first-order valence-electron chi connectivity index (χ1n) is 8.77. The van der Waals surface area contributed by atoms with Crippen LogP contribution in [0.3, 0.4) is 0 Å². The second kappa shape index (κ2) is 7.29. The van der Waals surface area contributed by atoms with Crippen LogP contribution in [0.2, 0.25) is 5.02 Å². The average Bonchev–Trinajstić information content (AvgIpc) is 3.16. The third kappa shape index (κ3) is 3.02. The Morgan fingerprint density at radius 1 is 1.25 bits per heavy atom. The van der Waals surface area contributed by atoms with Crippen molar-refractivity contribution in [1.82, 2.24) is 0 Å². The van der Waals surface area contributed by atoms with Gasteiger partial charge in [0, 0.05) is 18.1 Å². The van der Waals surface area contributed by atoms with Gasteiger partial charge in [-0.05, 0) is 51.5 Å². The van der Waals surface area contributed by atoms with Gasteiger partial charge in [0.1, 0.15) is 0 Å². The molecule has 146 valence electrons. The molecule has 1 N–H and O–H groups in total. The van der Waals surface area contributed by atoms with Crippen LogP contribution in [0.5, 0.6) is 11.5 Å². The average molecular weight is 466 g/mol. The van der Waals surface area contributed by atoms with Crippen LogP contribution < -0.4 is 14.8 Å². The van der Waals surface area contributed by atoms with E-state index >= 15 is 0 Å². The first-order chi connectivity index (χ1) is 13.4. The fourth-order valence-corrected chi connectivity index (χ4v) is 5.09. The molecule has 2 aromatic carbocycles. The number of hydrogen-bond donors (Lipinski definition) is 1. The smallest absolute Gasteiger partial charge is 0.271 e. The highest BCUT2D eigenvalue weighted by Gasteiger charge is 2.40. The summed E-state index contributed by atoms with van der Waals surface area (Å²) in [6.07, 6.45) is 5.11. The Morgan fingerprint density at radius 2 is 2.04 bits per heavy atom. The highest BCUT2D eigenvalue weighted by atomic mass is 79.9. The summed E-state index contributed by atoms with van der Waals surface area (Å²) in [6.45, 7) is 0. The van der Waals surface area contributed by atoms with E-state index in [9.17, 15) is 10.1 Å². The lowest BCUT2D eigenvalue weighted by atomic mass is 9.77. The van der Waals surface area contributed by atoms with E-state index in [1.807, 2.05) is 12.1 Å². The normalized spacial score (nSPS) is 22.2. The molecule has 2 aromatic rings. The van der Waals surface area contributed by atoms with Crippen molar-refractivity contribution in [2.45, 2.75) is 18.4 Å². The number of fused-ring (bicyclic) bond motifs is 3. The summed E-state index contributed by atoms with van der Waals surface area (Å²) in [5, 5.41) is 15.1. The van der Waals surface area contributed by atoms with Gasteiger partial charge in [-0.1, -0.05) is 23.8 Å². The maximum absolute atomic E-state index is 11.3. The van der Waals surface area contributed by atoms with Crippen molar-refractivity contribution in [3.05, 3.63) is 67.2 Å². The number of hydrogen-bond acceptors (Lipinski definition) is 5. The minimum atomic E-state index is -0.405. The molecule has 4 rings (SSSR count). The quantitative estimate of drug-likeness (QED) is 0.348. The minimum Gasteiger partial charge on any atom is -0.493 e. The number of allylic oxidation sites excluding steroid dienone is 2. The molecule has 0 saturated carbocycles. The summed E-state index contributed by atoms with van der Waals surface area (Å²) in [7, 11) is 3.20. The predicted molar refractivity (Wildman–Crippen MR) is 112 cm³/mol. The van der Waals surface area contributed by atoms with Gasteiger partial charge in [0.25, 0.3) is 5.69 Å². The van der Waals surface area contributed by atoms with Gasteiger partial charge in [0.05, 0.1) is 40.4 Å². The molecule has 0 spiro atoms. The minimum absolute atomic E-state index is 0.0110. The number of nitro groups is 1. The van der Waals surface area contributed by atoms with Crippen molar-refractivity contribution in [1.29, 1.82) is 0 Å². The Labute approximate surface area is 175 Å². The van der Waals surface area contributed by atoms with E-state index in [1.165, 1.54) is 6.07 Å². The van der Waals surface area contributed by atoms with Crippen LogP contribution in [0.1, 0.15) is 29.5 Å². The molecule has 0 amide bonds. The Morgan fingerprint density at radius 3 is 2.71 bits per heavy atom. The fourth-order valence-electron chi connectivity index (χ4n) is 4.19.